The van der Waals surface area contributed by atoms with Crippen molar-refractivity contribution in [2.45, 2.75) is 32.3 Å². The molecule has 0 radical (unpaired) electrons. The molecule has 2 rings (SSSR count). The van der Waals surface area contributed by atoms with Crippen LogP contribution in [0.4, 0.5) is 5.69 Å². The summed E-state index contributed by atoms with van der Waals surface area (Å²) in [5.74, 6) is -0.249. The predicted molar refractivity (Wildman–Crippen MR) is 97.2 cm³/mol. The van der Waals surface area contributed by atoms with E-state index in [0.717, 1.165) is 48.3 Å². The second kappa shape index (κ2) is 8.54. The molecule has 0 atom stereocenters. The Hall–Kier alpha value is -2.28. The van der Waals surface area contributed by atoms with Gasteiger partial charge in [0.1, 0.15) is 10.7 Å². The first-order valence-corrected chi connectivity index (χ1v) is 8.78. The smallest absolute Gasteiger partial charge is 0.342 e. The molecule has 0 bridgehead atoms. The summed E-state index contributed by atoms with van der Waals surface area (Å²) in [6.45, 7) is 8.05. The fourth-order valence-electron chi connectivity index (χ4n) is 2.24. The van der Waals surface area contributed by atoms with Crippen molar-refractivity contribution in [1.29, 1.82) is 0 Å². The summed E-state index contributed by atoms with van der Waals surface area (Å²) in [5, 5.41) is 16.6. The van der Waals surface area contributed by atoms with Crippen LogP contribution in [0.1, 0.15) is 32.2 Å². The molecule has 2 N–H and O–H groups in total. The molecule has 0 aliphatic rings. The van der Waals surface area contributed by atoms with E-state index in [1.54, 1.807) is 6.08 Å². The lowest BCUT2D eigenvalue weighted by atomic mass is 10.2. The third-order valence-corrected chi connectivity index (χ3v) is 4.46. The van der Waals surface area contributed by atoms with Crippen LogP contribution in [0.2, 0.25) is 0 Å². The average molecular weight is 346 g/mol. The Morgan fingerprint density at radius 1 is 1.25 bits per heavy atom. The largest absolute Gasteiger partial charge is 0.477 e. The molecule has 1 heterocycles. The first-order valence-electron chi connectivity index (χ1n) is 7.96. The van der Waals surface area contributed by atoms with Gasteiger partial charge in [0.15, 0.2) is 0 Å². The van der Waals surface area contributed by atoms with Gasteiger partial charge >= 0.3 is 5.97 Å². The molecule has 1 aromatic carbocycles. The highest BCUT2D eigenvalue weighted by atomic mass is 32.2. The van der Waals surface area contributed by atoms with E-state index in [0.29, 0.717) is 5.16 Å². The van der Waals surface area contributed by atoms with Crippen molar-refractivity contribution in [1.82, 2.24) is 15.2 Å². The number of carboxylic acid groups (broad SMARTS) is 1. The van der Waals surface area contributed by atoms with E-state index in [2.05, 4.69) is 33.9 Å². The van der Waals surface area contributed by atoms with Crippen LogP contribution in [-0.4, -0.2) is 39.3 Å². The van der Waals surface area contributed by atoms with Gasteiger partial charge in [-0.3, -0.25) is 5.10 Å². The molecule has 0 saturated heterocycles. The van der Waals surface area contributed by atoms with Gasteiger partial charge < -0.3 is 10.0 Å². The number of aliphatic carboxylic acids is 1. The number of aromatic nitrogens is 3. The number of rotatable bonds is 8. The molecule has 0 saturated carbocycles. The summed E-state index contributed by atoms with van der Waals surface area (Å²) >= 11 is 1.05. The van der Waals surface area contributed by atoms with Crippen LogP contribution in [0.15, 0.2) is 34.3 Å². The van der Waals surface area contributed by atoms with E-state index in [1.807, 2.05) is 31.2 Å². The second-order valence-corrected chi connectivity index (χ2v) is 6.11. The van der Waals surface area contributed by atoms with E-state index in [-0.39, 0.29) is 4.91 Å². The van der Waals surface area contributed by atoms with Gasteiger partial charge in [-0.15, -0.1) is 5.10 Å². The minimum Gasteiger partial charge on any atom is -0.477 e. The molecule has 0 amide bonds. The number of carboxylic acids is 1. The summed E-state index contributed by atoms with van der Waals surface area (Å²) < 4.78 is 0. The Morgan fingerprint density at radius 3 is 2.42 bits per heavy atom. The number of H-pyrrole nitrogens is 1. The van der Waals surface area contributed by atoms with Crippen molar-refractivity contribution in [3.63, 3.8) is 0 Å². The number of benzene rings is 1. The van der Waals surface area contributed by atoms with Crippen molar-refractivity contribution in [3.8, 4) is 0 Å². The summed E-state index contributed by atoms with van der Waals surface area (Å²) in [7, 11) is 0. The van der Waals surface area contributed by atoms with Crippen molar-refractivity contribution < 1.29 is 9.90 Å². The minimum atomic E-state index is -0.990. The fourth-order valence-corrected chi connectivity index (χ4v) is 2.96. The standard InChI is InChI=1S/C17H22N4O2S/c1-4-15-18-17(20-19-15)24-14(16(22)23)11-12-7-9-13(10-8-12)21(5-2)6-3/h7-11H,4-6H2,1-3H3,(H,22,23)(H,18,19,20)/b14-11-. The molecule has 2 aromatic rings. The van der Waals surface area contributed by atoms with Crippen LogP contribution in [0.3, 0.4) is 0 Å². The Labute approximate surface area is 146 Å². The lowest BCUT2D eigenvalue weighted by Crippen LogP contribution is -2.21. The Balaban J connectivity index is 2.19. The van der Waals surface area contributed by atoms with Crippen LogP contribution < -0.4 is 4.90 Å². The normalized spacial score (nSPS) is 11.5. The summed E-state index contributed by atoms with van der Waals surface area (Å²) in [5.41, 5.74) is 1.96. The van der Waals surface area contributed by atoms with Crippen LogP contribution in [0, 0.1) is 0 Å². The van der Waals surface area contributed by atoms with Gasteiger partial charge in [-0.05, 0) is 49.4 Å². The van der Waals surface area contributed by atoms with Crippen LogP contribution in [0.25, 0.3) is 6.08 Å². The lowest BCUT2D eigenvalue weighted by Gasteiger charge is -2.20. The molecule has 6 nitrogen and oxygen atoms in total. The topological polar surface area (TPSA) is 82.1 Å². The molecule has 24 heavy (non-hydrogen) atoms. The number of thioether (sulfide) groups is 1. The molecular formula is C17H22N4O2S. The molecule has 0 aliphatic heterocycles. The summed E-state index contributed by atoms with van der Waals surface area (Å²) in [4.78, 5) is 18.2. The quantitative estimate of drug-likeness (QED) is 0.563. The SMILES string of the molecule is CCc1nc(S/C(=C\c2ccc(N(CC)CC)cc2)C(=O)O)n[nH]1. The monoisotopic (exact) mass is 346 g/mol. The van der Waals surface area contributed by atoms with Gasteiger partial charge in [-0.2, -0.15) is 0 Å². The zero-order valence-electron chi connectivity index (χ0n) is 14.1. The fraction of sp³-hybridized carbons (Fsp3) is 0.353. The van der Waals surface area contributed by atoms with Gasteiger partial charge in [0, 0.05) is 25.2 Å². The third kappa shape index (κ3) is 4.61. The Kier molecular flexibility index (Phi) is 6.43. The number of anilines is 1. The lowest BCUT2D eigenvalue weighted by molar-refractivity contribution is -0.131. The predicted octanol–water partition coefficient (Wildman–Crippen LogP) is 3.43. The molecule has 1 aromatic heterocycles. The zero-order valence-corrected chi connectivity index (χ0v) is 14.9. The zero-order chi connectivity index (χ0) is 17.5. The van der Waals surface area contributed by atoms with Crippen LogP contribution in [-0.2, 0) is 11.2 Å². The molecule has 0 spiro atoms. The number of nitrogens with zero attached hydrogens (tertiary/aromatic N) is 3. The van der Waals surface area contributed by atoms with Crippen molar-refractivity contribution in [3.05, 3.63) is 40.6 Å². The first-order chi connectivity index (χ1) is 11.6. The number of aryl methyl sites for hydroxylation is 1. The first kappa shape index (κ1) is 18.1. The van der Waals surface area contributed by atoms with Crippen LogP contribution in [0.5, 0.6) is 0 Å². The molecule has 0 unspecified atom stereocenters. The van der Waals surface area contributed by atoms with E-state index in [1.165, 1.54) is 0 Å². The van der Waals surface area contributed by atoms with E-state index >= 15 is 0 Å². The van der Waals surface area contributed by atoms with Crippen LogP contribution >= 0.6 is 11.8 Å². The van der Waals surface area contributed by atoms with Gasteiger partial charge in [0.25, 0.3) is 0 Å². The van der Waals surface area contributed by atoms with E-state index in [4.69, 9.17) is 0 Å². The molecule has 0 aliphatic carbocycles. The average Bonchev–Trinajstić information content (AvgIpc) is 3.04. The number of nitrogens with one attached hydrogen (secondary N) is 1. The van der Waals surface area contributed by atoms with Gasteiger partial charge in [-0.1, -0.05) is 19.1 Å². The number of carbonyl (C=O) groups is 1. The summed E-state index contributed by atoms with van der Waals surface area (Å²) in [6.07, 6.45) is 2.37. The van der Waals surface area contributed by atoms with Crippen molar-refractivity contribution in [2.24, 2.45) is 0 Å². The van der Waals surface area contributed by atoms with Gasteiger partial charge in [-0.25, -0.2) is 9.78 Å². The maximum atomic E-state index is 11.5. The number of hydrogen-bond acceptors (Lipinski definition) is 5. The van der Waals surface area contributed by atoms with E-state index in [9.17, 15) is 9.90 Å². The number of hydrogen-bond donors (Lipinski definition) is 2. The maximum absolute atomic E-state index is 11.5. The molecule has 0 fully saturated rings. The van der Waals surface area contributed by atoms with Crippen molar-refractivity contribution in [2.75, 3.05) is 18.0 Å². The highest BCUT2D eigenvalue weighted by Crippen LogP contribution is 2.26. The highest BCUT2D eigenvalue weighted by Gasteiger charge is 2.13. The number of aromatic amines is 1. The van der Waals surface area contributed by atoms with E-state index < -0.39 is 5.97 Å². The molecule has 7 heteroatoms. The maximum Gasteiger partial charge on any atom is 0.342 e. The summed E-state index contributed by atoms with van der Waals surface area (Å²) in [6, 6.07) is 7.86. The van der Waals surface area contributed by atoms with Gasteiger partial charge in [0.2, 0.25) is 5.16 Å². The van der Waals surface area contributed by atoms with Gasteiger partial charge in [0.05, 0.1) is 0 Å². The molecular weight excluding hydrogens is 324 g/mol. The van der Waals surface area contributed by atoms with Crippen molar-refractivity contribution >= 4 is 29.5 Å². The third-order valence-electron chi connectivity index (χ3n) is 3.58. The minimum absolute atomic E-state index is 0.187. The Bertz CT molecular complexity index is 706. The molecule has 128 valence electrons. The highest BCUT2D eigenvalue weighted by molar-refractivity contribution is 8.04. The second-order valence-electron chi connectivity index (χ2n) is 5.10. The Morgan fingerprint density at radius 2 is 1.92 bits per heavy atom.